The van der Waals surface area contributed by atoms with Gasteiger partial charge < -0.3 is 19.5 Å². The van der Waals surface area contributed by atoms with Crippen LogP contribution in [0.25, 0.3) is 0 Å². The van der Waals surface area contributed by atoms with Gasteiger partial charge in [0.05, 0.1) is 38.4 Å². The van der Waals surface area contributed by atoms with E-state index in [1.165, 1.54) is 44.8 Å². The number of rotatable bonds is 5. The predicted molar refractivity (Wildman–Crippen MR) is 95.1 cm³/mol. The van der Waals surface area contributed by atoms with Crippen LogP contribution in [0.3, 0.4) is 0 Å². The maximum atomic E-state index is 12.5. The van der Waals surface area contributed by atoms with Gasteiger partial charge in [0.25, 0.3) is 0 Å². The van der Waals surface area contributed by atoms with Crippen molar-refractivity contribution >= 4 is 29.2 Å². The number of hydrogen-bond acceptors (Lipinski definition) is 8. The van der Waals surface area contributed by atoms with Gasteiger partial charge in [-0.15, -0.1) is 11.3 Å². The van der Waals surface area contributed by atoms with Gasteiger partial charge in [-0.1, -0.05) is 6.07 Å². The van der Waals surface area contributed by atoms with Crippen LogP contribution in [0.4, 0.5) is 0 Å². The Morgan fingerprint density at radius 3 is 2.27 bits per heavy atom. The van der Waals surface area contributed by atoms with E-state index in [0.717, 1.165) is 4.88 Å². The summed E-state index contributed by atoms with van der Waals surface area (Å²) in [7, 11) is 3.79. The van der Waals surface area contributed by atoms with Gasteiger partial charge in [0.2, 0.25) is 0 Å². The second-order valence-corrected chi connectivity index (χ2v) is 6.26. The molecule has 8 heteroatoms. The Morgan fingerprint density at radius 2 is 1.73 bits per heavy atom. The van der Waals surface area contributed by atoms with Gasteiger partial charge >= 0.3 is 17.9 Å². The van der Waals surface area contributed by atoms with E-state index in [2.05, 4.69) is 10.1 Å². The topological polar surface area (TPSA) is 90.9 Å². The zero-order chi connectivity index (χ0) is 19.3. The quantitative estimate of drug-likeness (QED) is 0.477. The Hall–Kier alpha value is -2.87. The second-order valence-electron chi connectivity index (χ2n) is 5.28. The number of esters is 3. The summed E-state index contributed by atoms with van der Waals surface area (Å²) in [5.41, 5.74) is 1.39. The number of carbonyl (C=O) groups excluding carboxylic acids is 3. The van der Waals surface area contributed by atoms with E-state index in [1.54, 1.807) is 6.92 Å². The molecule has 1 aliphatic rings. The third kappa shape index (κ3) is 3.85. The van der Waals surface area contributed by atoms with Crippen molar-refractivity contribution in [1.29, 1.82) is 0 Å². The lowest BCUT2D eigenvalue weighted by Crippen LogP contribution is -2.32. The monoisotopic (exact) mass is 377 g/mol. The number of hydrogen-bond donors (Lipinski definition) is 1. The molecule has 1 aromatic heterocycles. The Morgan fingerprint density at radius 1 is 1.08 bits per heavy atom. The van der Waals surface area contributed by atoms with Gasteiger partial charge in [-0.25, -0.2) is 14.4 Å². The Balaban J connectivity index is 2.68. The molecule has 7 nitrogen and oxygen atoms in total. The minimum absolute atomic E-state index is 0.209. The summed E-state index contributed by atoms with van der Waals surface area (Å²) in [6, 6.07) is 3.65. The molecule has 0 amide bonds. The number of nitrogens with one attached hydrogen (secondary N) is 1. The van der Waals surface area contributed by atoms with Crippen LogP contribution in [0, 0.1) is 0 Å². The smallest absolute Gasteiger partial charge is 0.336 e. The van der Waals surface area contributed by atoms with E-state index < -0.39 is 23.8 Å². The lowest BCUT2D eigenvalue weighted by molar-refractivity contribution is -0.137. The summed E-state index contributed by atoms with van der Waals surface area (Å²) in [5, 5.41) is 4.83. The van der Waals surface area contributed by atoms with E-state index in [-0.39, 0.29) is 5.57 Å². The van der Waals surface area contributed by atoms with Crippen LogP contribution in [-0.4, -0.2) is 39.2 Å². The van der Waals surface area contributed by atoms with Gasteiger partial charge in [0.15, 0.2) is 0 Å². The minimum Gasteiger partial charge on any atom is -0.466 e. The molecule has 0 saturated carbocycles. The molecule has 0 spiro atoms. The third-order valence-corrected chi connectivity index (χ3v) is 4.76. The third-order valence-electron chi connectivity index (χ3n) is 3.82. The van der Waals surface area contributed by atoms with Gasteiger partial charge in [-0.05, 0) is 24.4 Å². The maximum Gasteiger partial charge on any atom is 0.336 e. The van der Waals surface area contributed by atoms with Crippen LogP contribution >= 0.6 is 11.3 Å². The lowest BCUT2D eigenvalue weighted by Gasteiger charge is -2.29. The fourth-order valence-electron chi connectivity index (χ4n) is 2.66. The van der Waals surface area contributed by atoms with Crippen LogP contribution < -0.4 is 5.32 Å². The second kappa shape index (κ2) is 8.48. The summed E-state index contributed by atoms with van der Waals surface area (Å²) in [6.45, 7) is 1.70. The van der Waals surface area contributed by atoms with E-state index in [9.17, 15) is 14.4 Å². The van der Waals surface area contributed by atoms with Gasteiger partial charge in [-0.2, -0.15) is 0 Å². The Kier molecular flexibility index (Phi) is 6.35. The zero-order valence-corrected chi connectivity index (χ0v) is 15.6. The SMILES string of the molecule is COC(=O)/C=C/C1=C(C(=O)OC)C(c2cccs2)C(C(=O)OC)=C(C)N1. The molecule has 0 aliphatic carbocycles. The molecule has 0 bridgehead atoms. The molecule has 1 unspecified atom stereocenters. The van der Waals surface area contributed by atoms with Crippen molar-refractivity contribution in [3.05, 3.63) is 57.1 Å². The standard InChI is InChI=1S/C18H19NO6S/c1-10-14(17(21)24-3)16(12-6-5-9-26-12)15(18(22)25-4)11(19-10)7-8-13(20)23-2/h5-9,16,19H,1-4H3/b8-7+. The van der Waals surface area contributed by atoms with Crippen molar-refractivity contribution in [3.63, 3.8) is 0 Å². The molecule has 0 saturated heterocycles. The van der Waals surface area contributed by atoms with Gasteiger partial charge in [0, 0.05) is 22.3 Å². The summed E-state index contributed by atoms with van der Waals surface area (Å²) < 4.78 is 14.4. The number of methoxy groups -OCH3 is 3. The average molecular weight is 377 g/mol. The van der Waals surface area contributed by atoms with E-state index in [0.29, 0.717) is 17.0 Å². The zero-order valence-electron chi connectivity index (χ0n) is 14.8. The highest BCUT2D eigenvalue weighted by Crippen LogP contribution is 2.41. The molecule has 0 fully saturated rings. The molecule has 1 aromatic rings. The molecule has 1 aliphatic heterocycles. The lowest BCUT2D eigenvalue weighted by atomic mass is 9.84. The first-order chi connectivity index (χ1) is 12.4. The molecule has 2 rings (SSSR count). The molecule has 26 heavy (non-hydrogen) atoms. The molecule has 1 atom stereocenters. The fraction of sp³-hybridized carbons (Fsp3) is 0.278. The maximum absolute atomic E-state index is 12.5. The summed E-state index contributed by atoms with van der Waals surface area (Å²) in [6.07, 6.45) is 2.61. The number of dihydropyridines is 1. The number of ether oxygens (including phenoxy) is 3. The highest BCUT2D eigenvalue weighted by molar-refractivity contribution is 7.10. The minimum atomic E-state index is -0.673. The summed E-state index contributed by atoms with van der Waals surface area (Å²) >= 11 is 1.40. The largest absolute Gasteiger partial charge is 0.466 e. The van der Waals surface area contributed by atoms with E-state index in [1.807, 2.05) is 17.5 Å². The van der Waals surface area contributed by atoms with Crippen molar-refractivity contribution < 1.29 is 28.6 Å². The predicted octanol–water partition coefficient (Wildman–Crippen LogP) is 2.04. The molecule has 0 aromatic carbocycles. The van der Waals surface area contributed by atoms with Crippen molar-refractivity contribution in [1.82, 2.24) is 5.32 Å². The van der Waals surface area contributed by atoms with Crippen LogP contribution in [0.15, 0.2) is 52.2 Å². The molecule has 138 valence electrons. The molecular formula is C18H19NO6S. The molecule has 1 N–H and O–H groups in total. The summed E-state index contributed by atoms with van der Waals surface area (Å²) in [5.74, 6) is -2.41. The molecule has 2 heterocycles. The average Bonchev–Trinajstić information content (AvgIpc) is 3.18. The Bertz CT molecular complexity index is 804. The molecule has 0 radical (unpaired) electrons. The van der Waals surface area contributed by atoms with Crippen LogP contribution in [0.2, 0.25) is 0 Å². The fourth-order valence-corrected chi connectivity index (χ4v) is 3.51. The van der Waals surface area contributed by atoms with Gasteiger partial charge in [0.1, 0.15) is 0 Å². The normalized spacial score (nSPS) is 17.2. The first-order valence-electron chi connectivity index (χ1n) is 7.62. The highest BCUT2D eigenvalue weighted by atomic mass is 32.1. The van der Waals surface area contributed by atoms with E-state index >= 15 is 0 Å². The van der Waals surface area contributed by atoms with Crippen molar-refractivity contribution in [2.45, 2.75) is 12.8 Å². The first kappa shape index (κ1) is 19.5. The molecular weight excluding hydrogens is 358 g/mol. The Labute approximate surface area is 154 Å². The van der Waals surface area contributed by atoms with Crippen molar-refractivity contribution in [2.24, 2.45) is 0 Å². The summed E-state index contributed by atoms with van der Waals surface area (Å²) in [4.78, 5) is 37.1. The van der Waals surface area contributed by atoms with Crippen LogP contribution in [-0.2, 0) is 28.6 Å². The van der Waals surface area contributed by atoms with Crippen LogP contribution in [0.5, 0.6) is 0 Å². The highest BCUT2D eigenvalue weighted by Gasteiger charge is 2.38. The van der Waals surface area contributed by atoms with Gasteiger partial charge in [-0.3, -0.25) is 0 Å². The number of carbonyl (C=O) groups is 3. The van der Waals surface area contributed by atoms with Crippen molar-refractivity contribution in [3.8, 4) is 0 Å². The number of allylic oxidation sites excluding steroid dienone is 2. The van der Waals surface area contributed by atoms with E-state index in [4.69, 9.17) is 9.47 Å². The number of thiophene rings is 1. The van der Waals surface area contributed by atoms with Crippen LogP contribution in [0.1, 0.15) is 17.7 Å². The first-order valence-corrected chi connectivity index (χ1v) is 8.50. The van der Waals surface area contributed by atoms with Crippen molar-refractivity contribution in [2.75, 3.05) is 21.3 Å².